The zero-order valence-corrected chi connectivity index (χ0v) is 22.5. The fourth-order valence-corrected chi connectivity index (χ4v) is 4.74. The Morgan fingerprint density at radius 2 is 1.85 bits per heavy atom. The molecule has 1 aliphatic carbocycles. The summed E-state index contributed by atoms with van der Waals surface area (Å²) in [5, 5.41) is 8.99. The average Bonchev–Trinajstić information content (AvgIpc) is 3.54. The highest BCUT2D eigenvalue weighted by molar-refractivity contribution is 6.02. The summed E-state index contributed by atoms with van der Waals surface area (Å²) in [6.45, 7) is 3.86. The molecule has 39 heavy (non-hydrogen) atoms. The molecule has 2 aromatic rings. The number of carbonyl (C=O) groups is 5. The summed E-state index contributed by atoms with van der Waals surface area (Å²) >= 11 is 0. The van der Waals surface area contributed by atoms with Crippen molar-refractivity contribution in [1.82, 2.24) is 20.9 Å². The Labute approximate surface area is 226 Å². The summed E-state index contributed by atoms with van der Waals surface area (Å²) in [6.07, 6.45) is 2.44. The van der Waals surface area contributed by atoms with Gasteiger partial charge in [0.1, 0.15) is 17.5 Å². The van der Waals surface area contributed by atoms with E-state index in [-0.39, 0.29) is 29.9 Å². The molecule has 0 spiro atoms. The molecule has 0 unspecified atom stereocenters. The molecule has 11 nitrogen and oxygen atoms in total. The topological polar surface area (TPSA) is 156 Å². The van der Waals surface area contributed by atoms with Crippen LogP contribution in [0.15, 0.2) is 24.3 Å². The maximum atomic E-state index is 13.4. The number of hydrogen-bond donors (Lipinski definition) is 4. The Balaban J connectivity index is 1.47. The number of esters is 1. The lowest BCUT2D eigenvalue weighted by Crippen LogP contribution is -2.53. The summed E-state index contributed by atoms with van der Waals surface area (Å²) < 4.78 is 10.5. The molecular weight excluding hydrogens is 504 g/mol. The van der Waals surface area contributed by atoms with Crippen molar-refractivity contribution in [3.63, 3.8) is 0 Å². The number of methoxy groups -OCH3 is 1. The first-order valence-electron chi connectivity index (χ1n) is 13.4. The predicted molar refractivity (Wildman–Crippen MR) is 142 cm³/mol. The quantitative estimate of drug-likeness (QED) is 0.283. The zero-order chi connectivity index (χ0) is 28.1. The van der Waals surface area contributed by atoms with Crippen molar-refractivity contribution in [3.8, 4) is 5.75 Å². The third-order valence-corrected chi connectivity index (χ3v) is 7.07. The van der Waals surface area contributed by atoms with Gasteiger partial charge in [-0.25, -0.2) is 0 Å². The standard InChI is InChI=1S/C28H36N4O7/c1-15(2)11-21(32-27(36)22-13-18-19(30-22)5-4-6-24(18)38-3)26(35)31-20(12-17-9-10-29-25(17)34)23(33)14-39-28(37)16-7-8-16/h4-6,13,15-17,20-21,30H,7-12,14H2,1-3H3,(H,29,34)(H,31,35)(H,32,36)/t17-,20-,21-/m0/s1. The van der Waals surface area contributed by atoms with Crippen LogP contribution in [0.4, 0.5) is 0 Å². The van der Waals surface area contributed by atoms with Crippen molar-refractivity contribution in [2.24, 2.45) is 17.8 Å². The van der Waals surface area contributed by atoms with E-state index in [4.69, 9.17) is 9.47 Å². The molecule has 1 aromatic heterocycles. The summed E-state index contributed by atoms with van der Waals surface area (Å²) in [4.78, 5) is 66.8. The largest absolute Gasteiger partial charge is 0.496 e. The molecule has 2 aliphatic rings. The van der Waals surface area contributed by atoms with Crippen LogP contribution in [0.5, 0.6) is 5.75 Å². The maximum Gasteiger partial charge on any atom is 0.309 e. The molecule has 4 N–H and O–H groups in total. The van der Waals surface area contributed by atoms with Gasteiger partial charge >= 0.3 is 5.97 Å². The van der Waals surface area contributed by atoms with Crippen LogP contribution < -0.4 is 20.7 Å². The molecule has 2 heterocycles. The number of H-pyrrole nitrogens is 1. The highest BCUT2D eigenvalue weighted by Crippen LogP contribution is 2.30. The number of ketones is 1. The number of Topliss-reactive ketones (excluding diaryl/α,β-unsaturated/α-hetero) is 1. The maximum absolute atomic E-state index is 13.4. The van der Waals surface area contributed by atoms with Crippen molar-refractivity contribution in [2.75, 3.05) is 20.3 Å². The lowest BCUT2D eigenvalue weighted by atomic mass is 9.95. The van der Waals surface area contributed by atoms with E-state index in [0.717, 1.165) is 18.2 Å². The molecule has 1 aromatic carbocycles. The Morgan fingerprint density at radius 3 is 2.49 bits per heavy atom. The molecule has 4 rings (SSSR count). The molecule has 11 heteroatoms. The van der Waals surface area contributed by atoms with E-state index >= 15 is 0 Å². The first-order chi connectivity index (χ1) is 18.7. The second-order valence-electron chi connectivity index (χ2n) is 10.7. The molecule has 0 bridgehead atoms. The van der Waals surface area contributed by atoms with Crippen molar-refractivity contribution < 1.29 is 33.4 Å². The van der Waals surface area contributed by atoms with Gasteiger partial charge in [0.2, 0.25) is 11.8 Å². The van der Waals surface area contributed by atoms with Gasteiger partial charge in [-0.3, -0.25) is 24.0 Å². The van der Waals surface area contributed by atoms with Gasteiger partial charge in [-0.1, -0.05) is 19.9 Å². The van der Waals surface area contributed by atoms with Crippen molar-refractivity contribution in [1.29, 1.82) is 0 Å². The number of carbonyl (C=O) groups excluding carboxylic acids is 5. The van der Waals surface area contributed by atoms with Crippen LogP contribution in [0.3, 0.4) is 0 Å². The van der Waals surface area contributed by atoms with E-state index in [1.165, 1.54) is 0 Å². The minimum atomic E-state index is -1.04. The third-order valence-electron chi connectivity index (χ3n) is 7.07. The van der Waals surface area contributed by atoms with Crippen LogP contribution in [0.1, 0.15) is 56.4 Å². The van der Waals surface area contributed by atoms with Gasteiger partial charge < -0.3 is 30.4 Å². The number of fused-ring (bicyclic) bond motifs is 1. The Morgan fingerprint density at radius 1 is 1.08 bits per heavy atom. The number of nitrogens with one attached hydrogen (secondary N) is 4. The van der Waals surface area contributed by atoms with Gasteiger partial charge in [0.05, 0.1) is 19.1 Å². The summed E-state index contributed by atoms with van der Waals surface area (Å²) in [5.41, 5.74) is 0.976. The van der Waals surface area contributed by atoms with E-state index in [9.17, 15) is 24.0 Å². The molecular formula is C28H36N4O7. The molecule has 1 aliphatic heterocycles. The molecule has 1 saturated carbocycles. The Kier molecular flexibility index (Phi) is 8.88. The van der Waals surface area contributed by atoms with Gasteiger partial charge in [0, 0.05) is 23.4 Å². The van der Waals surface area contributed by atoms with Crippen LogP contribution >= 0.6 is 0 Å². The molecule has 3 amide bonds. The second kappa shape index (κ2) is 12.3. The number of ether oxygens (including phenoxy) is 2. The zero-order valence-electron chi connectivity index (χ0n) is 22.5. The van der Waals surface area contributed by atoms with Crippen molar-refractivity contribution in [2.45, 2.75) is 58.0 Å². The van der Waals surface area contributed by atoms with Crippen LogP contribution in [0, 0.1) is 17.8 Å². The third kappa shape index (κ3) is 7.15. The van der Waals surface area contributed by atoms with Crippen LogP contribution in [0.25, 0.3) is 10.9 Å². The lowest BCUT2D eigenvalue weighted by molar-refractivity contribution is -0.150. The van der Waals surface area contributed by atoms with Gasteiger partial charge in [-0.15, -0.1) is 0 Å². The van der Waals surface area contributed by atoms with Crippen molar-refractivity contribution in [3.05, 3.63) is 30.0 Å². The number of aromatic nitrogens is 1. The Bertz CT molecular complexity index is 1250. The van der Waals surface area contributed by atoms with Crippen LogP contribution in [0.2, 0.25) is 0 Å². The molecule has 0 radical (unpaired) electrons. The summed E-state index contributed by atoms with van der Waals surface area (Å²) in [5.74, 6) is -2.07. The number of aromatic amines is 1. The molecule has 1 saturated heterocycles. The van der Waals surface area contributed by atoms with E-state index < -0.39 is 48.2 Å². The summed E-state index contributed by atoms with van der Waals surface area (Å²) in [6, 6.07) is 5.09. The number of hydrogen-bond acceptors (Lipinski definition) is 7. The minimum Gasteiger partial charge on any atom is -0.496 e. The van der Waals surface area contributed by atoms with Crippen molar-refractivity contribution >= 4 is 40.4 Å². The van der Waals surface area contributed by atoms with E-state index in [1.54, 1.807) is 25.3 Å². The molecule has 2 fully saturated rings. The summed E-state index contributed by atoms with van der Waals surface area (Å²) in [7, 11) is 1.55. The monoisotopic (exact) mass is 540 g/mol. The predicted octanol–water partition coefficient (Wildman–Crippen LogP) is 1.85. The smallest absolute Gasteiger partial charge is 0.309 e. The minimum absolute atomic E-state index is 0.0538. The van der Waals surface area contributed by atoms with E-state index in [0.29, 0.717) is 30.7 Å². The number of amides is 3. The first kappa shape index (κ1) is 28.1. The number of benzene rings is 1. The highest BCUT2D eigenvalue weighted by Gasteiger charge is 2.35. The Hall–Kier alpha value is -3.89. The van der Waals surface area contributed by atoms with Gasteiger partial charge in [0.15, 0.2) is 12.4 Å². The highest BCUT2D eigenvalue weighted by atomic mass is 16.5. The number of rotatable bonds is 13. The van der Waals surface area contributed by atoms with Crippen LogP contribution in [-0.2, 0) is 23.9 Å². The molecule has 210 valence electrons. The lowest BCUT2D eigenvalue weighted by Gasteiger charge is -2.25. The van der Waals surface area contributed by atoms with Crippen LogP contribution in [-0.4, -0.2) is 66.8 Å². The second-order valence-corrected chi connectivity index (χ2v) is 10.7. The first-order valence-corrected chi connectivity index (χ1v) is 13.4. The normalized spacial score (nSPS) is 18.4. The van der Waals surface area contributed by atoms with E-state index in [1.807, 2.05) is 19.9 Å². The van der Waals surface area contributed by atoms with Gasteiger partial charge in [-0.05, 0) is 56.2 Å². The fourth-order valence-electron chi connectivity index (χ4n) is 4.74. The van der Waals surface area contributed by atoms with E-state index in [2.05, 4.69) is 20.9 Å². The van der Waals surface area contributed by atoms with Gasteiger partial charge in [-0.2, -0.15) is 0 Å². The SMILES string of the molecule is COc1cccc2[nH]c(C(=O)N[C@@H](CC(C)C)C(=O)N[C@@H](C[C@@H]3CCNC3=O)C(=O)COC(=O)C3CC3)cc12. The van der Waals surface area contributed by atoms with Gasteiger partial charge in [0.25, 0.3) is 5.91 Å². The fraction of sp³-hybridized carbons (Fsp3) is 0.536. The average molecular weight is 541 g/mol. The molecule has 3 atom stereocenters.